The zero-order chi connectivity index (χ0) is 14.9. The first-order valence-corrected chi connectivity index (χ1v) is 8.27. The predicted octanol–water partition coefficient (Wildman–Crippen LogP) is 4.55. The molecule has 1 radical (unpaired) electrons. The molecule has 0 spiro atoms. The van der Waals surface area contributed by atoms with E-state index in [4.69, 9.17) is 0 Å². The largest absolute Gasteiger partial charge is 3.00 e. The fraction of sp³-hybridized carbons (Fsp3) is 0.722. The normalized spacial score (nSPS) is 11.1. The van der Waals surface area contributed by atoms with Crippen molar-refractivity contribution in [3.63, 3.8) is 0 Å². The van der Waals surface area contributed by atoms with Crippen LogP contribution in [-0.2, 0) is 21.9 Å². The molecule has 21 heavy (non-hydrogen) atoms. The minimum absolute atomic E-state index is 0. The van der Waals surface area contributed by atoms with E-state index in [1.54, 1.807) is 0 Å². The van der Waals surface area contributed by atoms with Gasteiger partial charge in [-0.3, -0.25) is 0 Å². The molecule has 0 N–H and O–H groups in total. The number of hydrogen-bond acceptors (Lipinski definition) is 2. The topological polar surface area (TPSA) is 40.1 Å². The molecule has 0 atom stereocenters. The summed E-state index contributed by atoms with van der Waals surface area (Å²) in [6.07, 6.45) is 21.9. The first kappa shape index (κ1) is 22.7. The summed E-state index contributed by atoms with van der Waals surface area (Å²) in [4.78, 5) is 10.2. The monoisotopic (exact) mass is 335 g/mol. The Bertz CT molecular complexity index is 272. The van der Waals surface area contributed by atoms with Crippen LogP contribution in [-0.4, -0.2) is 5.97 Å². The predicted molar refractivity (Wildman–Crippen MR) is 84.4 cm³/mol. The van der Waals surface area contributed by atoms with Crippen LogP contribution in [0.3, 0.4) is 0 Å². The van der Waals surface area contributed by atoms with Gasteiger partial charge in [0.15, 0.2) is 0 Å². The average Bonchev–Trinajstić information content (AvgIpc) is 2.43. The van der Waals surface area contributed by atoms with Gasteiger partial charge in [0.1, 0.15) is 0 Å². The third-order valence-electron chi connectivity index (χ3n) is 3.33. The van der Waals surface area contributed by atoms with Crippen molar-refractivity contribution in [2.24, 2.45) is 0 Å². The molecule has 0 aliphatic rings. The van der Waals surface area contributed by atoms with Crippen LogP contribution in [0.15, 0.2) is 24.3 Å². The van der Waals surface area contributed by atoms with Gasteiger partial charge in [0.25, 0.3) is 0 Å². The second kappa shape index (κ2) is 19.5. The number of carbonyl (C=O) groups excluding carboxylic acids is 1. The smallest absolute Gasteiger partial charge is 0.550 e. The van der Waals surface area contributed by atoms with E-state index in [9.17, 15) is 9.90 Å². The molecule has 0 aromatic heterocycles. The number of hydrogen-bond donors (Lipinski definition) is 0. The molecular formula is C18H31FeO2+2. The SMILES string of the molecule is CCCCC/C=C\C/C=C\CCCCCCCC(=O)[O-].[Fe+3]. The van der Waals surface area contributed by atoms with Crippen molar-refractivity contribution >= 4 is 5.97 Å². The third kappa shape index (κ3) is 21.9. The number of rotatable bonds is 14. The maximum absolute atomic E-state index is 10.2. The Morgan fingerprint density at radius 3 is 1.90 bits per heavy atom. The van der Waals surface area contributed by atoms with Crippen molar-refractivity contribution in [2.75, 3.05) is 0 Å². The van der Waals surface area contributed by atoms with Gasteiger partial charge < -0.3 is 9.90 Å². The molecule has 0 fully saturated rings. The molecule has 2 nitrogen and oxygen atoms in total. The molecule has 0 bridgehead atoms. The van der Waals surface area contributed by atoms with Gasteiger partial charge in [-0.15, -0.1) is 0 Å². The molecule has 0 saturated carbocycles. The van der Waals surface area contributed by atoms with Crippen LogP contribution in [0.4, 0.5) is 0 Å². The van der Waals surface area contributed by atoms with E-state index in [1.807, 2.05) is 0 Å². The molecule has 0 aromatic rings. The third-order valence-corrected chi connectivity index (χ3v) is 3.33. The van der Waals surface area contributed by atoms with Gasteiger partial charge in [-0.05, 0) is 44.9 Å². The van der Waals surface area contributed by atoms with Gasteiger partial charge in [0.2, 0.25) is 0 Å². The van der Waals surface area contributed by atoms with Gasteiger partial charge in [0.05, 0.1) is 0 Å². The van der Waals surface area contributed by atoms with Gasteiger partial charge in [-0.25, -0.2) is 0 Å². The summed E-state index contributed by atoms with van der Waals surface area (Å²) >= 11 is 0. The van der Waals surface area contributed by atoms with Gasteiger partial charge in [0, 0.05) is 5.97 Å². The molecule has 121 valence electrons. The Labute approximate surface area is 141 Å². The zero-order valence-corrected chi connectivity index (χ0v) is 14.6. The van der Waals surface area contributed by atoms with Gasteiger partial charge in [-0.2, -0.15) is 0 Å². The standard InChI is InChI=1S/C18H32O2.Fe/c1-2-3-4-5-6-7-8-9-10-11-12-13-14-15-16-17-18(19)20;/h6-7,9-10H,2-5,8,11-17H2,1H3,(H,19,20);/q;+3/p-1/b7-6-,10-9-;. The number of carboxylic acids is 1. The van der Waals surface area contributed by atoms with E-state index in [1.165, 1.54) is 38.5 Å². The fourth-order valence-corrected chi connectivity index (χ4v) is 2.08. The van der Waals surface area contributed by atoms with E-state index >= 15 is 0 Å². The Morgan fingerprint density at radius 1 is 0.810 bits per heavy atom. The summed E-state index contributed by atoms with van der Waals surface area (Å²) in [6, 6.07) is 0. The Morgan fingerprint density at radius 2 is 1.33 bits per heavy atom. The first-order chi connectivity index (χ1) is 9.77. The number of carbonyl (C=O) groups is 1. The molecule has 0 aliphatic carbocycles. The van der Waals surface area contributed by atoms with Crippen molar-refractivity contribution in [1.29, 1.82) is 0 Å². The molecule has 0 rings (SSSR count). The minimum atomic E-state index is -0.921. The molecule has 0 aromatic carbocycles. The van der Waals surface area contributed by atoms with Crippen molar-refractivity contribution in [1.82, 2.24) is 0 Å². The average molecular weight is 335 g/mol. The van der Waals surface area contributed by atoms with Crippen LogP contribution in [0.1, 0.15) is 84.0 Å². The molecule has 0 saturated heterocycles. The summed E-state index contributed by atoms with van der Waals surface area (Å²) in [5.74, 6) is -0.921. The van der Waals surface area contributed by atoms with Crippen molar-refractivity contribution < 1.29 is 27.0 Å². The molecule has 3 heteroatoms. The van der Waals surface area contributed by atoms with Crippen LogP contribution in [0.5, 0.6) is 0 Å². The summed E-state index contributed by atoms with van der Waals surface area (Å²) in [5, 5.41) is 10.2. The van der Waals surface area contributed by atoms with Crippen LogP contribution in [0.25, 0.3) is 0 Å². The summed E-state index contributed by atoms with van der Waals surface area (Å²) in [5.41, 5.74) is 0. The van der Waals surface area contributed by atoms with Crippen LogP contribution >= 0.6 is 0 Å². The maximum atomic E-state index is 10.2. The number of allylic oxidation sites excluding steroid dienone is 4. The van der Waals surface area contributed by atoms with Crippen molar-refractivity contribution in [3.05, 3.63) is 24.3 Å². The van der Waals surface area contributed by atoms with E-state index in [0.717, 1.165) is 32.1 Å². The second-order valence-corrected chi connectivity index (χ2v) is 5.35. The minimum Gasteiger partial charge on any atom is -0.550 e. The van der Waals surface area contributed by atoms with E-state index in [2.05, 4.69) is 31.2 Å². The van der Waals surface area contributed by atoms with Crippen molar-refractivity contribution in [3.8, 4) is 0 Å². The summed E-state index contributed by atoms with van der Waals surface area (Å²) < 4.78 is 0. The molecule has 0 amide bonds. The van der Waals surface area contributed by atoms with Crippen LogP contribution in [0, 0.1) is 0 Å². The summed E-state index contributed by atoms with van der Waals surface area (Å²) in [7, 11) is 0. The van der Waals surface area contributed by atoms with Crippen LogP contribution < -0.4 is 5.11 Å². The van der Waals surface area contributed by atoms with Gasteiger partial charge >= 0.3 is 17.1 Å². The molecule has 0 heterocycles. The molecule has 0 aliphatic heterocycles. The number of aliphatic carboxylic acids is 1. The fourth-order valence-electron chi connectivity index (χ4n) is 2.08. The van der Waals surface area contributed by atoms with Crippen molar-refractivity contribution in [2.45, 2.75) is 84.0 Å². The second-order valence-electron chi connectivity index (χ2n) is 5.35. The molecular weight excluding hydrogens is 304 g/mol. The van der Waals surface area contributed by atoms with Gasteiger partial charge in [-0.1, -0.05) is 63.3 Å². The number of unbranched alkanes of at least 4 members (excludes halogenated alkanes) is 8. The molecule has 0 unspecified atom stereocenters. The Balaban J connectivity index is 0. The van der Waals surface area contributed by atoms with E-state index in [-0.39, 0.29) is 23.5 Å². The maximum Gasteiger partial charge on any atom is 3.00 e. The first-order valence-electron chi connectivity index (χ1n) is 8.27. The Kier molecular flexibility index (Phi) is 21.1. The zero-order valence-electron chi connectivity index (χ0n) is 13.5. The summed E-state index contributed by atoms with van der Waals surface area (Å²) in [6.45, 7) is 2.23. The quantitative estimate of drug-likeness (QED) is 0.265. The number of carboxylic acid groups (broad SMARTS) is 1. The van der Waals surface area contributed by atoms with Crippen LogP contribution in [0.2, 0.25) is 0 Å². The van der Waals surface area contributed by atoms with E-state index in [0.29, 0.717) is 0 Å². The Hall–Kier alpha value is -0.531. The van der Waals surface area contributed by atoms with E-state index < -0.39 is 5.97 Å².